The number of rotatable bonds is 4. The molecule has 3 heteroatoms. The van der Waals surface area contributed by atoms with Crippen LogP contribution in [0.3, 0.4) is 0 Å². The van der Waals surface area contributed by atoms with Crippen molar-refractivity contribution in [2.24, 2.45) is 5.73 Å². The van der Waals surface area contributed by atoms with E-state index in [4.69, 9.17) is 5.73 Å². The van der Waals surface area contributed by atoms with Crippen LogP contribution in [-0.4, -0.2) is 29.4 Å². The van der Waals surface area contributed by atoms with Crippen molar-refractivity contribution >= 4 is 5.91 Å². The summed E-state index contributed by atoms with van der Waals surface area (Å²) in [5.41, 5.74) is 5.85. The third-order valence-electron chi connectivity index (χ3n) is 3.50. The maximum Gasteiger partial charge on any atom is 0.224 e. The number of nitrogens with two attached hydrogens (primary N) is 1. The molecule has 0 bridgehead atoms. The molecule has 1 saturated carbocycles. The minimum Gasteiger partial charge on any atom is -0.343 e. The first-order chi connectivity index (χ1) is 6.48. The largest absolute Gasteiger partial charge is 0.343 e. The Morgan fingerprint density at radius 3 is 2.50 bits per heavy atom. The van der Waals surface area contributed by atoms with Crippen molar-refractivity contribution in [2.75, 3.05) is 7.05 Å². The summed E-state index contributed by atoms with van der Waals surface area (Å²) in [6.07, 6.45) is 4.71. The normalized spacial score (nSPS) is 21.1. The van der Waals surface area contributed by atoms with Gasteiger partial charge in [0, 0.05) is 25.0 Å². The Hall–Kier alpha value is -0.570. The van der Waals surface area contributed by atoms with E-state index in [0.29, 0.717) is 12.5 Å². The van der Waals surface area contributed by atoms with Gasteiger partial charge in [0.05, 0.1) is 0 Å². The molecule has 1 rings (SSSR count). The third kappa shape index (κ3) is 2.47. The molecule has 82 valence electrons. The van der Waals surface area contributed by atoms with Crippen molar-refractivity contribution in [3.63, 3.8) is 0 Å². The molecule has 0 heterocycles. The highest BCUT2D eigenvalue weighted by molar-refractivity contribution is 5.77. The van der Waals surface area contributed by atoms with Crippen molar-refractivity contribution in [3.8, 4) is 0 Å². The second-order valence-electron chi connectivity index (χ2n) is 4.65. The van der Waals surface area contributed by atoms with E-state index in [1.54, 1.807) is 0 Å². The van der Waals surface area contributed by atoms with Gasteiger partial charge in [-0.25, -0.2) is 0 Å². The van der Waals surface area contributed by atoms with Crippen LogP contribution in [0.5, 0.6) is 0 Å². The molecular formula is C11H22N2O. The van der Waals surface area contributed by atoms with Gasteiger partial charge in [0.25, 0.3) is 0 Å². The highest BCUT2D eigenvalue weighted by Crippen LogP contribution is 2.32. The lowest BCUT2D eigenvalue weighted by Gasteiger charge is -2.39. The lowest BCUT2D eigenvalue weighted by molar-refractivity contribution is -0.133. The molecule has 0 aromatic carbocycles. The SMILES string of the molecule is CCC(C)N(C)C(=O)CC1(N)CCC1. The number of nitrogens with zero attached hydrogens (tertiary/aromatic N) is 1. The van der Waals surface area contributed by atoms with Gasteiger partial charge in [0.2, 0.25) is 5.91 Å². The lowest BCUT2D eigenvalue weighted by Crippen LogP contribution is -2.51. The van der Waals surface area contributed by atoms with Gasteiger partial charge < -0.3 is 10.6 Å². The molecule has 0 aromatic rings. The molecule has 1 fully saturated rings. The second kappa shape index (κ2) is 4.30. The monoisotopic (exact) mass is 198 g/mol. The Labute approximate surface area is 86.6 Å². The number of carbonyl (C=O) groups excluding carboxylic acids is 1. The quantitative estimate of drug-likeness (QED) is 0.744. The number of hydrogen-bond donors (Lipinski definition) is 1. The molecule has 14 heavy (non-hydrogen) atoms. The van der Waals surface area contributed by atoms with Crippen LogP contribution in [0.15, 0.2) is 0 Å². The fourth-order valence-electron chi connectivity index (χ4n) is 1.75. The van der Waals surface area contributed by atoms with Gasteiger partial charge in [-0.15, -0.1) is 0 Å². The summed E-state index contributed by atoms with van der Waals surface area (Å²) in [4.78, 5) is 13.6. The minimum absolute atomic E-state index is 0.182. The molecule has 1 aliphatic rings. The smallest absolute Gasteiger partial charge is 0.224 e. The van der Waals surface area contributed by atoms with Crippen LogP contribution in [0, 0.1) is 0 Å². The first-order valence-corrected chi connectivity index (χ1v) is 5.53. The van der Waals surface area contributed by atoms with Gasteiger partial charge in [-0.3, -0.25) is 4.79 Å². The van der Waals surface area contributed by atoms with Gasteiger partial charge in [-0.1, -0.05) is 6.92 Å². The van der Waals surface area contributed by atoms with E-state index >= 15 is 0 Å². The van der Waals surface area contributed by atoms with Crippen molar-refractivity contribution in [3.05, 3.63) is 0 Å². The van der Waals surface area contributed by atoms with Crippen LogP contribution in [0.1, 0.15) is 46.0 Å². The zero-order chi connectivity index (χ0) is 10.8. The van der Waals surface area contributed by atoms with Crippen molar-refractivity contribution < 1.29 is 4.79 Å². The molecule has 1 amide bonds. The third-order valence-corrected chi connectivity index (χ3v) is 3.50. The average molecular weight is 198 g/mol. The molecule has 0 spiro atoms. The van der Waals surface area contributed by atoms with E-state index in [2.05, 4.69) is 13.8 Å². The van der Waals surface area contributed by atoms with Crippen LogP contribution < -0.4 is 5.73 Å². The summed E-state index contributed by atoms with van der Waals surface area (Å²) >= 11 is 0. The highest BCUT2D eigenvalue weighted by atomic mass is 16.2. The van der Waals surface area contributed by atoms with Crippen molar-refractivity contribution in [1.29, 1.82) is 0 Å². The van der Waals surface area contributed by atoms with E-state index in [0.717, 1.165) is 19.3 Å². The van der Waals surface area contributed by atoms with Gasteiger partial charge in [0.15, 0.2) is 0 Å². The van der Waals surface area contributed by atoms with Gasteiger partial charge >= 0.3 is 0 Å². The fraction of sp³-hybridized carbons (Fsp3) is 0.909. The fourth-order valence-corrected chi connectivity index (χ4v) is 1.75. The summed E-state index contributed by atoms with van der Waals surface area (Å²) in [5.74, 6) is 0.196. The molecular weight excluding hydrogens is 176 g/mol. The molecule has 3 nitrogen and oxygen atoms in total. The first kappa shape index (κ1) is 11.5. The lowest BCUT2D eigenvalue weighted by atomic mass is 9.75. The Morgan fingerprint density at radius 2 is 2.14 bits per heavy atom. The van der Waals surface area contributed by atoms with E-state index < -0.39 is 0 Å². The van der Waals surface area contributed by atoms with Crippen LogP contribution >= 0.6 is 0 Å². The highest BCUT2D eigenvalue weighted by Gasteiger charge is 2.35. The molecule has 2 N–H and O–H groups in total. The Bertz CT molecular complexity index is 211. The Kier molecular flexibility index (Phi) is 3.53. The Morgan fingerprint density at radius 1 is 1.57 bits per heavy atom. The summed E-state index contributed by atoms with van der Waals surface area (Å²) in [6.45, 7) is 4.16. The minimum atomic E-state index is -0.182. The molecule has 1 aliphatic carbocycles. The summed E-state index contributed by atoms with van der Waals surface area (Å²) in [5, 5.41) is 0. The van der Waals surface area contributed by atoms with E-state index in [1.165, 1.54) is 6.42 Å². The molecule has 0 aromatic heterocycles. The van der Waals surface area contributed by atoms with Crippen LogP contribution in [0.2, 0.25) is 0 Å². The molecule has 1 unspecified atom stereocenters. The number of carbonyl (C=O) groups is 1. The van der Waals surface area contributed by atoms with E-state index in [-0.39, 0.29) is 11.4 Å². The van der Waals surface area contributed by atoms with Gasteiger partial charge in [-0.05, 0) is 32.6 Å². The van der Waals surface area contributed by atoms with Gasteiger partial charge in [-0.2, -0.15) is 0 Å². The zero-order valence-electron chi connectivity index (χ0n) is 9.55. The van der Waals surface area contributed by atoms with Crippen LogP contribution in [0.4, 0.5) is 0 Å². The number of amides is 1. The van der Waals surface area contributed by atoms with E-state index in [9.17, 15) is 4.79 Å². The summed E-state index contributed by atoms with van der Waals surface area (Å²) in [6, 6.07) is 0.325. The Balaban J connectivity index is 2.41. The van der Waals surface area contributed by atoms with E-state index in [1.807, 2.05) is 11.9 Å². The standard InChI is InChI=1S/C11H22N2O/c1-4-9(2)13(3)10(14)8-11(12)6-5-7-11/h9H,4-8,12H2,1-3H3. The molecule has 0 saturated heterocycles. The maximum atomic E-state index is 11.8. The molecule has 1 atom stereocenters. The number of hydrogen-bond acceptors (Lipinski definition) is 2. The average Bonchev–Trinajstić information content (AvgIpc) is 2.12. The zero-order valence-corrected chi connectivity index (χ0v) is 9.55. The maximum absolute atomic E-state index is 11.8. The van der Waals surface area contributed by atoms with Crippen molar-refractivity contribution in [1.82, 2.24) is 4.90 Å². The molecule has 0 aliphatic heterocycles. The predicted molar refractivity (Wildman–Crippen MR) is 57.9 cm³/mol. The van der Waals surface area contributed by atoms with Crippen LogP contribution in [-0.2, 0) is 4.79 Å². The first-order valence-electron chi connectivity index (χ1n) is 5.53. The van der Waals surface area contributed by atoms with Crippen LogP contribution in [0.25, 0.3) is 0 Å². The summed E-state index contributed by atoms with van der Waals surface area (Å²) < 4.78 is 0. The second-order valence-corrected chi connectivity index (χ2v) is 4.65. The van der Waals surface area contributed by atoms with Crippen molar-refractivity contribution in [2.45, 2.75) is 57.5 Å². The molecule has 0 radical (unpaired) electrons. The predicted octanol–water partition coefficient (Wildman–Crippen LogP) is 1.51. The van der Waals surface area contributed by atoms with Gasteiger partial charge in [0.1, 0.15) is 0 Å². The topological polar surface area (TPSA) is 46.3 Å². The summed E-state index contributed by atoms with van der Waals surface area (Å²) in [7, 11) is 1.87.